The number of carbonyl (C=O) groups is 2. The largest absolute Gasteiger partial charge is 0.507 e. The van der Waals surface area contributed by atoms with E-state index in [0.29, 0.717) is 0 Å². The number of fused-ring (bicyclic) bond motifs is 3. The molecule has 0 amide bonds. The van der Waals surface area contributed by atoms with Crippen LogP contribution < -0.4 is 0 Å². The molecular formula is C22H17NO5. The normalized spacial score (nSPS) is 11.2. The van der Waals surface area contributed by atoms with Crippen LogP contribution in [0.3, 0.4) is 0 Å². The second-order valence-electron chi connectivity index (χ2n) is 6.68. The second kappa shape index (κ2) is 6.13. The predicted octanol–water partition coefficient (Wildman–Crippen LogP) is 4.50. The number of benzene rings is 3. The molecule has 3 aromatic carbocycles. The summed E-state index contributed by atoms with van der Waals surface area (Å²) in [4.78, 5) is 23.9. The van der Waals surface area contributed by atoms with Crippen LogP contribution in [0.4, 0.5) is 0 Å². The summed E-state index contributed by atoms with van der Waals surface area (Å²) in [5, 5.41) is 31.8. The Morgan fingerprint density at radius 3 is 1.68 bits per heavy atom. The number of carboxylic acid groups (broad SMARTS) is 2. The SMILES string of the molecule is Cc1c(O)c(C(=O)O)c(C)c(-n2c3ccccc3c3ccccc32)c1C(=O)O. The number of hydrogen-bond donors (Lipinski definition) is 3. The third-order valence-corrected chi connectivity index (χ3v) is 5.17. The molecule has 6 heteroatoms. The molecule has 140 valence electrons. The summed E-state index contributed by atoms with van der Waals surface area (Å²) in [6.07, 6.45) is 0. The summed E-state index contributed by atoms with van der Waals surface area (Å²) in [7, 11) is 0. The van der Waals surface area contributed by atoms with Gasteiger partial charge < -0.3 is 19.9 Å². The second-order valence-corrected chi connectivity index (χ2v) is 6.68. The van der Waals surface area contributed by atoms with Gasteiger partial charge in [0.15, 0.2) is 0 Å². The summed E-state index contributed by atoms with van der Waals surface area (Å²) in [6, 6.07) is 15.1. The lowest BCUT2D eigenvalue weighted by molar-refractivity contribution is 0.0676. The van der Waals surface area contributed by atoms with E-state index in [4.69, 9.17) is 0 Å². The fourth-order valence-corrected chi connectivity index (χ4v) is 3.93. The van der Waals surface area contributed by atoms with Gasteiger partial charge in [-0.1, -0.05) is 36.4 Å². The zero-order valence-electron chi connectivity index (χ0n) is 15.2. The Morgan fingerprint density at radius 2 is 1.21 bits per heavy atom. The van der Waals surface area contributed by atoms with E-state index < -0.39 is 17.7 Å². The fourth-order valence-electron chi connectivity index (χ4n) is 3.93. The molecule has 6 nitrogen and oxygen atoms in total. The standard InChI is InChI=1S/C22H17NO5/c1-11-18(22(27)28)20(24)12(2)17(21(25)26)19(11)23-15-9-5-3-7-13(15)14-8-4-6-10-16(14)23/h3-10,24H,1-2H3,(H,25,26)(H,27,28). The summed E-state index contributed by atoms with van der Waals surface area (Å²) < 4.78 is 1.77. The van der Waals surface area contributed by atoms with Crippen LogP contribution in [-0.2, 0) is 0 Å². The molecular weight excluding hydrogens is 358 g/mol. The minimum Gasteiger partial charge on any atom is -0.507 e. The Kier molecular flexibility index (Phi) is 3.85. The van der Waals surface area contributed by atoms with Gasteiger partial charge in [-0.2, -0.15) is 0 Å². The summed E-state index contributed by atoms with van der Waals surface area (Å²) >= 11 is 0. The monoisotopic (exact) mass is 375 g/mol. The van der Waals surface area contributed by atoms with E-state index in [-0.39, 0.29) is 27.9 Å². The zero-order valence-corrected chi connectivity index (χ0v) is 15.2. The molecule has 4 rings (SSSR count). The first-order valence-corrected chi connectivity index (χ1v) is 8.65. The van der Waals surface area contributed by atoms with E-state index in [1.807, 2.05) is 48.5 Å². The molecule has 3 N–H and O–H groups in total. The number of aromatic hydroxyl groups is 1. The number of nitrogens with zero attached hydrogens (tertiary/aromatic N) is 1. The van der Waals surface area contributed by atoms with Crippen molar-refractivity contribution in [3.05, 3.63) is 70.8 Å². The van der Waals surface area contributed by atoms with Gasteiger partial charge in [0.05, 0.1) is 22.3 Å². The molecule has 0 fully saturated rings. The van der Waals surface area contributed by atoms with Gasteiger partial charge in [-0.3, -0.25) is 0 Å². The summed E-state index contributed by atoms with van der Waals surface area (Å²) in [5.41, 5.74) is 1.57. The van der Waals surface area contributed by atoms with Crippen molar-refractivity contribution in [1.29, 1.82) is 0 Å². The number of rotatable bonds is 3. The van der Waals surface area contributed by atoms with Crippen LogP contribution in [0.5, 0.6) is 5.75 Å². The Labute approximate surface area is 159 Å². The van der Waals surface area contributed by atoms with Crippen LogP contribution in [0.25, 0.3) is 27.5 Å². The molecule has 0 saturated heterocycles. The lowest BCUT2D eigenvalue weighted by atomic mass is 9.95. The molecule has 0 unspecified atom stereocenters. The number of hydrogen-bond acceptors (Lipinski definition) is 3. The van der Waals surface area contributed by atoms with Crippen molar-refractivity contribution in [2.75, 3.05) is 0 Å². The minimum absolute atomic E-state index is 0.0207. The molecule has 1 aromatic heterocycles. The minimum atomic E-state index is -1.31. The Bertz CT molecular complexity index is 1250. The topological polar surface area (TPSA) is 99.8 Å². The number of phenols is 1. The van der Waals surface area contributed by atoms with Gasteiger partial charge in [0.1, 0.15) is 11.3 Å². The van der Waals surface area contributed by atoms with Crippen molar-refractivity contribution in [3.8, 4) is 11.4 Å². The average Bonchev–Trinajstić information content (AvgIpc) is 2.98. The van der Waals surface area contributed by atoms with Crippen molar-refractivity contribution >= 4 is 33.7 Å². The van der Waals surface area contributed by atoms with Gasteiger partial charge in [0.25, 0.3) is 0 Å². The first-order valence-electron chi connectivity index (χ1n) is 8.65. The van der Waals surface area contributed by atoms with Crippen LogP contribution in [0.1, 0.15) is 31.8 Å². The first kappa shape index (κ1) is 17.6. The molecule has 0 bridgehead atoms. The molecule has 28 heavy (non-hydrogen) atoms. The number of aromatic carboxylic acids is 2. The highest BCUT2D eigenvalue weighted by Crippen LogP contribution is 2.39. The molecule has 0 saturated carbocycles. The van der Waals surface area contributed by atoms with Crippen molar-refractivity contribution in [2.45, 2.75) is 13.8 Å². The van der Waals surface area contributed by atoms with Crippen LogP contribution in [0.15, 0.2) is 48.5 Å². The number of aromatic nitrogens is 1. The molecule has 1 heterocycles. The summed E-state index contributed by atoms with van der Waals surface area (Å²) in [6.45, 7) is 2.94. The molecule has 0 aliphatic rings. The number of carboxylic acids is 2. The van der Waals surface area contributed by atoms with Gasteiger partial charge in [-0.05, 0) is 31.5 Å². The van der Waals surface area contributed by atoms with Crippen LogP contribution >= 0.6 is 0 Å². The number of para-hydroxylation sites is 2. The van der Waals surface area contributed by atoms with E-state index in [1.165, 1.54) is 13.8 Å². The van der Waals surface area contributed by atoms with E-state index in [9.17, 15) is 24.9 Å². The van der Waals surface area contributed by atoms with E-state index in [0.717, 1.165) is 21.8 Å². The molecule has 4 aromatic rings. The highest BCUT2D eigenvalue weighted by Gasteiger charge is 2.29. The zero-order chi connectivity index (χ0) is 20.2. The predicted molar refractivity (Wildman–Crippen MR) is 106 cm³/mol. The van der Waals surface area contributed by atoms with Crippen molar-refractivity contribution < 1.29 is 24.9 Å². The first-order chi connectivity index (χ1) is 13.3. The van der Waals surface area contributed by atoms with Gasteiger partial charge in [0.2, 0.25) is 0 Å². The third-order valence-electron chi connectivity index (χ3n) is 5.17. The van der Waals surface area contributed by atoms with Crippen LogP contribution in [0.2, 0.25) is 0 Å². The molecule has 0 atom stereocenters. The van der Waals surface area contributed by atoms with E-state index in [1.54, 1.807) is 4.57 Å². The molecule has 0 spiro atoms. The Hall–Kier alpha value is -3.80. The van der Waals surface area contributed by atoms with Crippen LogP contribution in [0, 0.1) is 13.8 Å². The maximum atomic E-state index is 12.1. The molecule has 0 radical (unpaired) electrons. The smallest absolute Gasteiger partial charge is 0.339 e. The van der Waals surface area contributed by atoms with Crippen molar-refractivity contribution in [1.82, 2.24) is 4.57 Å². The fraction of sp³-hybridized carbons (Fsp3) is 0.0909. The van der Waals surface area contributed by atoms with Gasteiger partial charge >= 0.3 is 11.9 Å². The maximum absolute atomic E-state index is 12.1. The lowest BCUT2D eigenvalue weighted by Gasteiger charge is -2.19. The van der Waals surface area contributed by atoms with E-state index in [2.05, 4.69) is 0 Å². The molecule has 0 aliphatic carbocycles. The maximum Gasteiger partial charge on any atom is 0.339 e. The van der Waals surface area contributed by atoms with E-state index >= 15 is 0 Å². The van der Waals surface area contributed by atoms with Gasteiger partial charge in [-0.15, -0.1) is 0 Å². The highest BCUT2D eigenvalue weighted by molar-refractivity contribution is 6.11. The Morgan fingerprint density at radius 1 is 0.750 bits per heavy atom. The third kappa shape index (κ3) is 2.28. The van der Waals surface area contributed by atoms with Crippen LogP contribution in [-0.4, -0.2) is 31.8 Å². The van der Waals surface area contributed by atoms with Gasteiger partial charge in [0, 0.05) is 16.3 Å². The average molecular weight is 375 g/mol. The lowest BCUT2D eigenvalue weighted by Crippen LogP contribution is -2.14. The molecule has 0 aliphatic heterocycles. The van der Waals surface area contributed by atoms with Crippen molar-refractivity contribution in [2.24, 2.45) is 0 Å². The summed E-state index contributed by atoms with van der Waals surface area (Å²) in [5.74, 6) is -3.06. The van der Waals surface area contributed by atoms with Gasteiger partial charge in [-0.25, -0.2) is 9.59 Å². The quantitative estimate of drug-likeness (QED) is 0.489. The highest BCUT2D eigenvalue weighted by atomic mass is 16.4. The Balaban J connectivity index is 2.31. The van der Waals surface area contributed by atoms with Crippen molar-refractivity contribution in [3.63, 3.8) is 0 Å².